The number of carbonyl (C=O) groups excluding carboxylic acids is 1. The van der Waals surface area contributed by atoms with Gasteiger partial charge >= 0.3 is 5.97 Å². The Hall–Kier alpha value is -1.41. The Morgan fingerprint density at radius 1 is 1.32 bits per heavy atom. The van der Waals surface area contributed by atoms with Crippen molar-refractivity contribution in [2.75, 3.05) is 25.7 Å². The number of alkyl halides is 1. The van der Waals surface area contributed by atoms with Crippen LogP contribution in [0, 0.1) is 11.8 Å². The Bertz CT molecular complexity index is 698. The van der Waals surface area contributed by atoms with Crippen molar-refractivity contribution in [3.63, 3.8) is 0 Å². The highest BCUT2D eigenvalue weighted by molar-refractivity contribution is 7.99. The van der Waals surface area contributed by atoms with E-state index >= 15 is 0 Å². The third-order valence-corrected chi connectivity index (χ3v) is 6.77. The van der Waals surface area contributed by atoms with Crippen molar-refractivity contribution in [3.8, 4) is 0 Å². The van der Waals surface area contributed by atoms with Crippen molar-refractivity contribution in [2.45, 2.75) is 57.1 Å². The highest BCUT2D eigenvalue weighted by Crippen LogP contribution is 2.38. The van der Waals surface area contributed by atoms with Crippen LogP contribution in [0.25, 0.3) is 0 Å². The van der Waals surface area contributed by atoms with Gasteiger partial charge in [0.25, 0.3) is 0 Å². The molecule has 7 heteroatoms. The van der Waals surface area contributed by atoms with Crippen molar-refractivity contribution in [2.24, 2.45) is 11.8 Å². The number of ether oxygens (including phenoxy) is 2. The van der Waals surface area contributed by atoms with E-state index in [2.05, 4.69) is 4.74 Å². The molecule has 0 bridgehead atoms. The summed E-state index contributed by atoms with van der Waals surface area (Å²) in [5.41, 5.74) is 2.05. The average molecular weight is 455 g/mol. The van der Waals surface area contributed by atoms with Crippen LogP contribution in [0.1, 0.15) is 36.8 Å². The van der Waals surface area contributed by atoms with Crippen LogP contribution in [0.2, 0.25) is 0 Å². The van der Waals surface area contributed by atoms with Crippen LogP contribution in [-0.4, -0.2) is 60.3 Å². The second-order valence-corrected chi connectivity index (χ2v) is 9.28. The first-order chi connectivity index (χ1) is 14.9. The Morgan fingerprint density at radius 3 is 2.84 bits per heavy atom. The van der Waals surface area contributed by atoms with Crippen molar-refractivity contribution in [1.82, 2.24) is 0 Å². The fraction of sp³-hybridized carbons (Fsp3) is 0.625. The molecule has 0 saturated heterocycles. The number of halogens is 1. The molecule has 0 radical (unpaired) electrons. The quantitative estimate of drug-likeness (QED) is 0.269. The highest BCUT2D eigenvalue weighted by Gasteiger charge is 2.40. The van der Waals surface area contributed by atoms with Gasteiger partial charge in [-0.1, -0.05) is 36.4 Å². The molecular weight excluding hydrogens is 419 g/mol. The summed E-state index contributed by atoms with van der Waals surface area (Å²) < 4.78 is 24.2. The molecule has 5 atom stereocenters. The number of methoxy groups -OCH3 is 2. The third kappa shape index (κ3) is 8.93. The number of esters is 1. The number of aliphatic hydroxyl groups is 2. The van der Waals surface area contributed by atoms with E-state index in [4.69, 9.17) is 4.74 Å². The van der Waals surface area contributed by atoms with Gasteiger partial charge in [-0.15, -0.1) is 0 Å². The van der Waals surface area contributed by atoms with Crippen LogP contribution >= 0.6 is 11.8 Å². The fourth-order valence-corrected chi connectivity index (χ4v) is 5.05. The molecule has 1 aromatic carbocycles. The molecule has 2 rings (SSSR count). The van der Waals surface area contributed by atoms with Gasteiger partial charge in [-0.25, -0.2) is 4.39 Å². The Kier molecular flexibility index (Phi) is 11.6. The van der Waals surface area contributed by atoms with Gasteiger partial charge in [-0.3, -0.25) is 4.79 Å². The summed E-state index contributed by atoms with van der Waals surface area (Å²) in [7, 11) is 3.03. The van der Waals surface area contributed by atoms with E-state index in [0.29, 0.717) is 25.9 Å². The molecule has 2 N–H and O–H groups in total. The summed E-state index contributed by atoms with van der Waals surface area (Å²) in [5, 5.41) is 20.7. The molecule has 174 valence electrons. The largest absolute Gasteiger partial charge is 0.469 e. The number of hydrogen-bond acceptors (Lipinski definition) is 6. The lowest BCUT2D eigenvalue weighted by atomic mass is 9.90. The van der Waals surface area contributed by atoms with Crippen LogP contribution in [0.5, 0.6) is 0 Å². The van der Waals surface area contributed by atoms with E-state index < -0.39 is 18.4 Å². The number of benzene rings is 1. The van der Waals surface area contributed by atoms with Crippen LogP contribution in [0.4, 0.5) is 4.39 Å². The molecule has 0 aromatic heterocycles. The molecule has 1 aliphatic rings. The maximum atomic E-state index is 14.5. The van der Waals surface area contributed by atoms with Gasteiger partial charge in [0.15, 0.2) is 0 Å². The van der Waals surface area contributed by atoms with E-state index in [9.17, 15) is 19.4 Å². The minimum Gasteiger partial charge on any atom is -0.469 e. The number of rotatable bonds is 13. The van der Waals surface area contributed by atoms with Gasteiger partial charge in [-0.2, -0.15) is 11.8 Å². The van der Waals surface area contributed by atoms with Gasteiger partial charge in [0.2, 0.25) is 0 Å². The SMILES string of the molecule is COCc1cccc(C[C@H](O)C=C[C@@H]2[C@@H](CCSCCCC(=O)OC)[C@H](F)C[C@H]2O)c1. The average Bonchev–Trinajstić information content (AvgIpc) is 3.01. The third-order valence-electron chi connectivity index (χ3n) is 5.67. The number of thioether (sulfide) groups is 1. The van der Waals surface area contributed by atoms with Crippen LogP contribution in [0.15, 0.2) is 36.4 Å². The summed E-state index contributed by atoms with van der Waals surface area (Å²) in [5.74, 6) is 0.843. The van der Waals surface area contributed by atoms with Crippen LogP contribution in [-0.2, 0) is 27.3 Å². The maximum absolute atomic E-state index is 14.5. The Labute approximate surface area is 189 Å². The Morgan fingerprint density at radius 2 is 2.10 bits per heavy atom. The van der Waals surface area contributed by atoms with Crippen molar-refractivity contribution in [1.29, 1.82) is 0 Å². The van der Waals surface area contributed by atoms with E-state index in [1.807, 2.05) is 24.3 Å². The van der Waals surface area contributed by atoms with Crippen molar-refractivity contribution < 1.29 is 28.9 Å². The first kappa shape index (κ1) is 25.8. The smallest absolute Gasteiger partial charge is 0.305 e. The normalized spacial score (nSPS) is 24.5. The summed E-state index contributed by atoms with van der Waals surface area (Å²) in [4.78, 5) is 11.1. The lowest BCUT2D eigenvalue weighted by Gasteiger charge is -2.20. The summed E-state index contributed by atoms with van der Waals surface area (Å²) >= 11 is 1.69. The molecular formula is C24H35FO5S. The standard InChI is InChI=1S/C24H35FO5S/c1-29-16-18-6-3-5-17(13-18)14-19(26)8-9-21-20(22(25)15-23(21)27)10-12-31-11-4-7-24(28)30-2/h3,5-6,8-9,13,19-23,26-27H,4,7,10-12,14-16H2,1-2H3/t19-,20-,21-,22-,23-/m1/s1. The lowest BCUT2D eigenvalue weighted by molar-refractivity contribution is -0.140. The Balaban J connectivity index is 1.82. The molecule has 0 aliphatic heterocycles. The zero-order chi connectivity index (χ0) is 22.6. The van der Waals surface area contributed by atoms with Crippen molar-refractivity contribution >= 4 is 17.7 Å². The number of hydrogen-bond donors (Lipinski definition) is 2. The number of carbonyl (C=O) groups is 1. The maximum Gasteiger partial charge on any atom is 0.305 e. The summed E-state index contributed by atoms with van der Waals surface area (Å²) in [6.07, 6.45) is 3.41. The van der Waals surface area contributed by atoms with Gasteiger partial charge in [-0.05, 0) is 41.4 Å². The first-order valence-electron chi connectivity index (χ1n) is 10.8. The minimum atomic E-state index is -1.04. The molecule has 1 aromatic rings. The molecule has 1 fully saturated rings. The van der Waals surface area contributed by atoms with Gasteiger partial charge < -0.3 is 19.7 Å². The van der Waals surface area contributed by atoms with Gasteiger partial charge in [0.05, 0.1) is 25.9 Å². The van der Waals surface area contributed by atoms with Gasteiger partial charge in [0, 0.05) is 32.3 Å². The molecule has 0 unspecified atom stereocenters. The molecule has 1 saturated carbocycles. The molecule has 31 heavy (non-hydrogen) atoms. The van der Waals surface area contributed by atoms with E-state index in [-0.39, 0.29) is 24.2 Å². The monoisotopic (exact) mass is 454 g/mol. The minimum absolute atomic E-state index is 0.141. The van der Waals surface area contributed by atoms with Crippen molar-refractivity contribution in [3.05, 3.63) is 47.5 Å². The van der Waals surface area contributed by atoms with Crippen LogP contribution in [0.3, 0.4) is 0 Å². The zero-order valence-corrected chi connectivity index (χ0v) is 19.2. The lowest BCUT2D eigenvalue weighted by Crippen LogP contribution is -2.20. The summed E-state index contributed by atoms with van der Waals surface area (Å²) in [6.45, 7) is 0.522. The zero-order valence-electron chi connectivity index (χ0n) is 18.4. The fourth-order valence-electron chi connectivity index (χ4n) is 4.05. The highest BCUT2D eigenvalue weighted by atomic mass is 32.2. The molecule has 0 heterocycles. The molecule has 0 amide bonds. The van der Waals surface area contributed by atoms with Gasteiger partial charge in [0.1, 0.15) is 6.17 Å². The second kappa shape index (κ2) is 13.9. The second-order valence-electron chi connectivity index (χ2n) is 8.05. The molecule has 0 spiro atoms. The summed E-state index contributed by atoms with van der Waals surface area (Å²) in [6, 6.07) is 7.87. The molecule has 5 nitrogen and oxygen atoms in total. The van der Waals surface area contributed by atoms with E-state index in [1.165, 1.54) is 7.11 Å². The predicted octanol–water partition coefficient (Wildman–Crippen LogP) is 3.70. The van der Waals surface area contributed by atoms with Crippen LogP contribution < -0.4 is 0 Å². The topological polar surface area (TPSA) is 76.0 Å². The van der Waals surface area contributed by atoms with E-state index in [0.717, 1.165) is 29.1 Å². The predicted molar refractivity (Wildman–Crippen MR) is 122 cm³/mol. The number of aliphatic hydroxyl groups excluding tert-OH is 2. The molecule has 1 aliphatic carbocycles. The first-order valence-corrected chi connectivity index (χ1v) is 12.0. The van der Waals surface area contributed by atoms with E-state index in [1.54, 1.807) is 31.0 Å².